The highest BCUT2D eigenvalue weighted by molar-refractivity contribution is 9.10. The molecule has 0 bridgehead atoms. The predicted octanol–water partition coefficient (Wildman–Crippen LogP) is 5.23. The highest BCUT2D eigenvalue weighted by atomic mass is 79.9. The van der Waals surface area contributed by atoms with Gasteiger partial charge in [-0.1, -0.05) is 40.2 Å². The van der Waals surface area contributed by atoms with Gasteiger partial charge in [0.05, 0.1) is 10.5 Å². The number of hydrogen-bond donors (Lipinski definition) is 1. The molecule has 3 aromatic carbocycles. The number of amides is 1. The molecule has 11 heteroatoms. The van der Waals surface area contributed by atoms with Crippen LogP contribution >= 0.6 is 15.9 Å². The van der Waals surface area contributed by atoms with E-state index in [2.05, 4.69) is 26.1 Å². The fraction of sp³-hybridized carbons (Fsp3) is 0.208. The van der Waals surface area contributed by atoms with Gasteiger partial charge in [-0.25, -0.2) is 8.42 Å². The Morgan fingerprint density at radius 2 is 1.57 bits per heavy atom. The van der Waals surface area contributed by atoms with Gasteiger partial charge in [-0.05, 0) is 48.5 Å². The van der Waals surface area contributed by atoms with E-state index in [1.165, 1.54) is 40.7 Å². The molecule has 0 radical (unpaired) electrons. The fourth-order valence-electron chi connectivity index (χ4n) is 3.80. The first kappa shape index (κ1) is 25.2. The molecular weight excluding hydrogens is 547 g/mol. The van der Waals surface area contributed by atoms with Crippen molar-refractivity contribution < 1.29 is 26.4 Å². The third kappa shape index (κ3) is 5.68. The minimum absolute atomic E-state index is 0.0190. The number of para-hydroxylation sites is 1. The van der Waals surface area contributed by atoms with Crippen LogP contribution in [0.5, 0.6) is 0 Å². The highest BCUT2D eigenvalue weighted by Gasteiger charge is 2.33. The zero-order chi connectivity index (χ0) is 25.2. The molecule has 1 saturated heterocycles. The molecule has 184 valence electrons. The van der Waals surface area contributed by atoms with Crippen molar-refractivity contribution in [3.8, 4) is 0 Å². The summed E-state index contributed by atoms with van der Waals surface area (Å²) in [6.07, 6.45) is -4.60. The molecule has 1 aliphatic heterocycles. The van der Waals surface area contributed by atoms with E-state index >= 15 is 0 Å². The standard InChI is InChI=1S/C24H21BrF3N3O3S/c25-22-10-9-18(16-21(22)24(26,27)28)29-23(32)17-5-4-8-20(15-17)35(33,34)31-13-11-30(12-14-31)19-6-2-1-3-7-19/h1-10,15-16H,11-14H2,(H,29,32). The lowest BCUT2D eigenvalue weighted by Crippen LogP contribution is -2.48. The van der Waals surface area contributed by atoms with Crippen LogP contribution in [0.3, 0.4) is 0 Å². The molecule has 1 heterocycles. The molecule has 0 spiro atoms. The van der Waals surface area contributed by atoms with Gasteiger partial charge in [0.1, 0.15) is 0 Å². The van der Waals surface area contributed by atoms with Crippen molar-refractivity contribution in [3.63, 3.8) is 0 Å². The quantitative estimate of drug-likeness (QED) is 0.458. The van der Waals surface area contributed by atoms with Crippen LogP contribution in [0.4, 0.5) is 24.5 Å². The molecule has 0 aromatic heterocycles. The minimum Gasteiger partial charge on any atom is -0.369 e. The number of sulfonamides is 1. The lowest BCUT2D eigenvalue weighted by molar-refractivity contribution is -0.138. The summed E-state index contributed by atoms with van der Waals surface area (Å²) in [6.45, 7) is 1.61. The molecule has 1 amide bonds. The second kappa shape index (κ2) is 10.00. The van der Waals surface area contributed by atoms with Crippen molar-refractivity contribution in [1.82, 2.24) is 4.31 Å². The number of benzene rings is 3. The van der Waals surface area contributed by atoms with Crippen LogP contribution in [0.2, 0.25) is 0 Å². The van der Waals surface area contributed by atoms with E-state index in [0.717, 1.165) is 11.8 Å². The van der Waals surface area contributed by atoms with Crippen molar-refractivity contribution in [2.75, 3.05) is 36.4 Å². The summed E-state index contributed by atoms with van der Waals surface area (Å²) in [5.74, 6) is -0.716. The summed E-state index contributed by atoms with van der Waals surface area (Å²) in [4.78, 5) is 14.7. The zero-order valence-electron chi connectivity index (χ0n) is 18.3. The van der Waals surface area contributed by atoms with Crippen LogP contribution in [0.25, 0.3) is 0 Å². The van der Waals surface area contributed by atoms with Crippen LogP contribution in [-0.4, -0.2) is 44.8 Å². The summed E-state index contributed by atoms with van der Waals surface area (Å²) in [6, 6.07) is 18.5. The molecule has 0 saturated carbocycles. The Labute approximate surface area is 209 Å². The van der Waals surface area contributed by atoms with Crippen LogP contribution in [0.15, 0.2) is 82.2 Å². The molecule has 4 rings (SSSR count). The Morgan fingerprint density at radius 1 is 0.886 bits per heavy atom. The Balaban J connectivity index is 1.48. The molecule has 1 N–H and O–H groups in total. The van der Waals surface area contributed by atoms with E-state index in [9.17, 15) is 26.4 Å². The van der Waals surface area contributed by atoms with Crippen LogP contribution in [0, 0.1) is 0 Å². The number of alkyl halides is 3. The Bertz CT molecular complexity index is 1330. The molecule has 0 unspecified atom stereocenters. The fourth-order valence-corrected chi connectivity index (χ4v) is 5.74. The summed E-state index contributed by atoms with van der Waals surface area (Å²) in [5, 5.41) is 2.41. The van der Waals surface area contributed by atoms with Gasteiger partial charge in [-0.2, -0.15) is 17.5 Å². The van der Waals surface area contributed by atoms with Crippen molar-refractivity contribution in [3.05, 3.63) is 88.4 Å². The number of carbonyl (C=O) groups is 1. The molecule has 0 aliphatic carbocycles. The van der Waals surface area contributed by atoms with Crippen LogP contribution in [0.1, 0.15) is 15.9 Å². The number of carbonyl (C=O) groups excluding carboxylic acids is 1. The van der Waals surface area contributed by atoms with Gasteiger partial charge in [0.2, 0.25) is 10.0 Å². The monoisotopic (exact) mass is 567 g/mol. The van der Waals surface area contributed by atoms with Crippen LogP contribution < -0.4 is 10.2 Å². The smallest absolute Gasteiger partial charge is 0.369 e. The molecule has 1 aliphatic rings. The van der Waals surface area contributed by atoms with E-state index in [1.807, 2.05) is 30.3 Å². The van der Waals surface area contributed by atoms with Gasteiger partial charge >= 0.3 is 6.18 Å². The Kier molecular flexibility index (Phi) is 7.20. The average Bonchev–Trinajstić information content (AvgIpc) is 2.85. The Morgan fingerprint density at radius 3 is 2.23 bits per heavy atom. The number of nitrogens with zero attached hydrogens (tertiary/aromatic N) is 2. The second-order valence-corrected chi connectivity index (χ2v) is 10.7. The third-order valence-corrected chi connectivity index (χ3v) is 8.21. The maximum absolute atomic E-state index is 13.2. The summed E-state index contributed by atoms with van der Waals surface area (Å²) < 4.78 is 67.1. The first-order chi connectivity index (χ1) is 16.6. The lowest BCUT2D eigenvalue weighted by atomic mass is 10.1. The summed E-state index contributed by atoms with van der Waals surface area (Å²) in [5.41, 5.74) is 0.0485. The zero-order valence-corrected chi connectivity index (χ0v) is 20.7. The first-order valence-corrected chi connectivity index (χ1v) is 12.9. The topological polar surface area (TPSA) is 69.7 Å². The lowest BCUT2D eigenvalue weighted by Gasteiger charge is -2.35. The predicted molar refractivity (Wildman–Crippen MR) is 131 cm³/mol. The SMILES string of the molecule is O=C(Nc1ccc(Br)c(C(F)(F)F)c1)c1cccc(S(=O)(=O)N2CCN(c3ccccc3)CC2)c1. The van der Waals surface area contributed by atoms with Gasteiger partial charge < -0.3 is 10.2 Å². The first-order valence-electron chi connectivity index (χ1n) is 10.6. The van der Waals surface area contributed by atoms with Crippen molar-refractivity contribution >= 4 is 43.2 Å². The molecule has 3 aromatic rings. The molecule has 0 atom stereocenters. The van der Waals surface area contributed by atoms with Crippen molar-refractivity contribution in [2.24, 2.45) is 0 Å². The average molecular weight is 568 g/mol. The molecule has 35 heavy (non-hydrogen) atoms. The van der Waals surface area contributed by atoms with E-state index in [0.29, 0.717) is 13.1 Å². The van der Waals surface area contributed by atoms with E-state index in [1.54, 1.807) is 0 Å². The van der Waals surface area contributed by atoms with Gasteiger partial charge in [0, 0.05) is 47.6 Å². The number of rotatable bonds is 5. The molecule has 6 nitrogen and oxygen atoms in total. The maximum Gasteiger partial charge on any atom is 0.417 e. The van der Waals surface area contributed by atoms with E-state index in [4.69, 9.17) is 0 Å². The second-order valence-electron chi connectivity index (χ2n) is 7.90. The Hall–Kier alpha value is -2.89. The molecule has 1 fully saturated rings. The molecular formula is C24H21BrF3N3O3S. The van der Waals surface area contributed by atoms with Crippen molar-refractivity contribution in [2.45, 2.75) is 11.1 Å². The minimum atomic E-state index is -4.60. The summed E-state index contributed by atoms with van der Waals surface area (Å²) in [7, 11) is -3.86. The number of hydrogen-bond acceptors (Lipinski definition) is 4. The van der Waals surface area contributed by atoms with Crippen LogP contribution in [-0.2, 0) is 16.2 Å². The van der Waals surface area contributed by atoms with Gasteiger partial charge in [-0.3, -0.25) is 4.79 Å². The number of anilines is 2. The number of halogens is 4. The largest absolute Gasteiger partial charge is 0.417 e. The maximum atomic E-state index is 13.2. The third-order valence-electron chi connectivity index (χ3n) is 5.62. The summed E-state index contributed by atoms with van der Waals surface area (Å²) >= 11 is 2.86. The normalized spacial score (nSPS) is 15.1. The van der Waals surface area contributed by atoms with Gasteiger partial charge in [-0.15, -0.1) is 0 Å². The number of piperazine rings is 1. The van der Waals surface area contributed by atoms with E-state index in [-0.39, 0.29) is 33.7 Å². The number of nitrogens with one attached hydrogen (secondary N) is 1. The van der Waals surface area contributed by atoms with Crippen molar-refractivity contribution in [1.29, 1.82) is 0 Å². The van der Waals surface area contributed by atoms with Gasteiger partial charge in [0.25, 0.3) is 5.91 Å². The van der Waals surface area contributed by atoms with E-state index < -0.39 is 27.7 Å². The van der Waals surface area contributed by atoms with Gasteiger partial charge in [0.15, 0.2) is 0 Å². The highest BCUT2D eigenvalue weighted by Crippen LogP contribution is 2.36.